The molecule has 0 spiro atoms. The number of aromatic carboxylic acids is 1. The zero-order chi connectivity index (χ0) is 15.8. The Kier molecular flexibility index (Phi) is 6.92. The molecule has 1 rings (SSSR count). The fraction of sp³-hybridized carbons (Fsp3) is 0.529. The van der Waals surface area contributed by atoms with Crippen molar-refractivity contribution < 1.29 is 14.7 Å². The van der Waals surface area contributed by atoms with Crippen molar-refractivity contribution in [1.29, 1.82) is 0 Å². The highest BCUT2D eigenvalue weighted by Gasteiger charge is 2.16. The molecule has 0 saturated heterocycles. The van der Waals surface area contributed by atoms with Crippen LogP contribution in [0.4, 0.5) is 0 Å². The molecule has 4 heteroatoms. The second-order valence-electron chi connectivity index (χ2n) is 5.57. The van der Waals surface area contributed by atoms with Crippen LogP contribution in [0.15, 0.2) is 24.3 Å². The van der Waals surface area contributed by atoms with E-state index in [1.54, 1.807) is 24.3 Å². The van der Waals surface area contributed by atoms with Crippen LogP contribution in [0.3, 0.4) is 0 Å². The summed E-state index contributed by atoms with van der Waals surface area (Å²) in [5, 5.41) is 8.86. The Hall–Kier alpha value is -1.84. The van der Waals surface area contributed by atoms with E-state index in [0.717, 1.165) is 31.4 Å². The van der Waals surface area contributed by atoms with E-state index in [0.29, 0.717) is 6.42 Å². The van der Waals surface area contributed by atoms with Gasteiger partial charge in [0.15, 0.2) is 0 Å². The smallest absolute Gasteiger partial charge is 0.335 e. The quantitative estimate of drug-likeness (QED) is 0.747. The minimum absolute atomic E-state index is 0.101. The van der Waals surface area contributed by atoms with Gasteiger partial charge in [-0.25, -0.2) is 4.79 Å². The lowest BCUT2D eigenvalue weighted by molar-refractivity contribution is -0.132. The topological polar surface area (TPSA) is 57.6 Å². The first-order chi connectivity index (χ1) is 9.95. The van der Waals surface area contributed by atoms with E-state index in [9.17, 15) is 9.59 Å². The van der Waals surface area contributed by atoms with E-state index < -0.39 is 5.97 Å². The predicted molar refractivity (Wildman–Crippen MR) is 83.5 cm³/mol. The molecule has 116 valence electrons. The monoisotopic (exact) mass is 291 g/mol. The first kappa shape index (κ1) is 17.2. The summed E-state index contributed by atoms with van der Waals surface area (Å²) in [6.45, 7) is 6.98. The van der Waals surface area contributed by atoms with Crippen LogP contribution in [0.2, 0.25) is 0 Å². The highest BCUT2D eigenvalue weighted by Crippen LogP contribution is 2.10. The number of nitrogens with zero attached hydrogens (tertiary/aromatic N) is 1. The zero-order valence-corrected chi connectivity index (χ0v) is 13.1. The molecule has 0 aliphatic heterocycles. The molecule has 1 N–H and O–H groups in total. The van der Waals surface area contributed by atoms with E-state index in [2.05, 4.69) is 6.92 Å². The van der Waals surface area contributed by atoms with Gasteiger partial charge in [0, 0.05) is 12.6 Å². The summed E-state index contributed by atoms with van der Waals surface area (Å²) in [6, 6.07) is 6.70. The number of carbonyl (C=O) groups excluding carboxylic acids is 1. The molecule has 0 unspecified atom stereocenters. The maximum absolute atomic E-state index is 12.4. The van der Waals surface area contributed by atoms with Crippen LogP contribution < -0.4 is 0 Å². The average molecular weight is 291 g/mol. The largest absolute Gasteiger partial charge is 0.478 e. The summed E-state index contributed by atoms with van der Waals surface area (Å²) in [5.74, 6) is -0.847. The van der Waals surface area contributed by atoms with Gasteiger partial charge in [-0.3, -0.25) is 4.79 Å². The Bertz CT molecular complexity index is 465. The van der Waals surface area contributed by atoms with Gasteiger partial charge in [0.2, 0.25) is 5.91 Å². The van der Waals surface area contributed by atoms with Gasteiger partial charge in [-0.1, -0.05) is 31.9 Å². The molecule has 0 radical (unpaired) electrons. The zero-order valence-electron chi connectivity index (χ0n) is 13.1. The minimum Gasteiger partial charge on any atom is -0.478 e. The van der Waals surface area contributed by atoms with Crippen LogP contribution in [-0.4, -0.2) is 34.5 Å². The molecule has 1 amide bonds. The highest BCUT2D eigenvalue weighted by molar-refractivity contribution is 5.87. The van der Waals surface area contributed by atoms with Crippen molar-refractivity contribution in [3.8, 4) is 0 Å². The summed E-state index contributed by atoms with van der Waals surface area (Å²) in [7, 11) is 0. The number of benzene rings is 1. The molecule has 0 bridgehead atoms. The molecule has 0 aliphatic rings. The fourth-order valence-electron chi connectivity index (χ4n) is 2.24. The van der Waals surface area contributed by atoms with Gasteiger partial charge in [-0.2, -0.15) is 0 Å². The van der Waals surface area contributed by atoms with Crippen molar-refractivity contribution in [3.05, 3.63) is 35.4 Å². The Morgan fingerprint density at radius 2 is 1.76 bits per heavy atom. The van der Waals surface area contributed by atoms with Crippen LogP contribution in [0.1, 0.15) is 56.0 Å². The number of hydrogen-bond donors (Lipinski definition) is 1. The molecular weight excluding hydrogens is 266 g/mol. The van der Waals surface area contributed by atoms with Gasteiger partial charge in [0.05, 0.1) is 12.0 Å². The number of rotatable bonds is 8. The molecule has 0 atom stereocenters. The third kappa shape index (κ3) is 5.58. The Morgan fingerprint density at radius 3 is 2.24 bits per heavy atom. The lowest BCUT2D eigenvalue weighted by atomic mass is 10.1. The maximum atomic E-state index is 12.4. The van der Waals surface area contributed by atoms with Crippen LogP contribution in [-0.2, 0) is 11.2 Å². The molecule has 0 aliphatic carbocycles. The van der Waals surface area contributed by atoms with Gasteiger partial charge < -0.3 is 10.0 Å². The lowest BCUT2D eigenvalue weighted by Crippen LogP contribution is -2.38. The van der Waals surface area contributed by atoms with Crippen molar-refractivity contribution in [2.75, 3.05) is 6.54 Å². The fourth-order valence-corrected chi connectivity index (χ4v) is 2.24. The number of carboxylic acids is 1. The van der Waals surface area contributed by atoms with Crippen LogP contribution in [0.25, 0.3) is 0 Å². The molecule has 1 aromatic carbocycles. The van der Waals surface area contributed by atoms with Crippen molar-refractivity contribution in [2.45, 2.75) is 52.5 Å². The standard InChI is InChI=1S/C17H25NO3/c1-4-5-6-11-18(13(2)3)16(19)12-14-7-9-15(10-8-14)17(20)21/h7-10,13H,4-6,11-12H2,1-3H3,(H,20,21). The van der Waals surface area contributed by atoms with E-state index >= 15 is 0 Å². The number of hydrogen-bond acceptors (Lipinski definition) is 2. The summed E-state index contributed by atoms with van der Waals surface area (Å²) in [4.78, 5) is 25.1. The average Bonchev–Trinajstić information content (AvgIpc) is 2.43. The van der Waals surface area contributed by atoms with Gasteiger partial charge in [0.1, 0.15) is 0 Å². The van der Waals surface area contributed by atoms with E-state index in [1.165, 1.54) is 0 Å². The molecule has 0 aromatic heterocycles. The minimum atomic E-state index is -0.948. The van der Waals surface area contributed by atoms with Crippen LogP contribution in [0, 0.1) is 0 Å². The first-order valence-corrected chi connectivity index (χ1v) is 7.57. The summed E-state index contributed by atoms with van der Waals surface area (Å²) < 4.78 is 0. The second-order valence-corrected chi connectivity index (χ2v) is 5.57. The summed E-state index contributed by atoms with van der Waals surface area (Å²) >= 11 is 0. The van der Waals surface area contributed by atoms with Gasteiger partial charge in [-0.15, -0.1) is 0 Å². The Labute approximate surface area is 126 Å². The molecule has 1 aromatic rings. The summed E-state index contributed by atoms with van der Waals surface area (Å²) in [6.07, 6.45) is 3.61. The molecule has 0 fully saturated rings. The summed E-state index contributed by atoms with van der Waals surface area (Å²) in [5.41, 5.74) is 1.10. The number of carbonyl (C=O) groups is 2. The SMILES string of the molecule is CCCCCN(C(=O)Cc1ccc(C(=O)O)cc1)C(C)C. The van der Waals surface area contributed by atoms with Crippen LogP contribution in [0.5, 0.6) is 0 Å². The predicted octanol–water partition coefficient (Wildman–Crippen LogP) is 3.35. The highest BCUT2D eigenvalue weighted by atomic mass is 16.4. The van der Waals surface area contributed by atoms with Crippen LogP contribution >= 0.6 is 0 Å². The number of carboxylic acid groups (broad SMARTS) is 1. The Morgan fingerprint density at radius 1 is 1.14 bits per heavy atom. The number of amides is 1. The molecule has 0 heterocycles. The van der Waals surface area contributed by atoms with Crippen molar-refractivity contribution in [2.24, 2.45) is 0 Å². The van der Waals surface area contributed by atoms with Crippen molar-refractivity contribution >= 4 is 11.9 Å². The molecular formula is C17H25NO3. The Balaban J connectivity index is 2.65. The number of unbranched alkanes of at least 4 members (excludes halogenated alkanes) is 2. The van der Waals surface area contributed by atoms with E-state index in [-0.39, 0.29) is 17.5 Å². The van der Waals surface area contributed by atoms with Gasteiger partial charge >= 0.3 is 5.97 Å². The van der Waals surface area contributed by atoms with Gasteiger partial charge in [0.25, 0.3) is 0 Å². The maximum Gasteiger partial charge on any atom is 0.335 e. The van der Waals surface area contributed by atoms with E-state index in [1.807, 2.05) is 18.7 Å². The van der Waals surface area contributed by atoms with Crippen molar-refractivity contribution in [3.63, 3.8) is 0 Å². The normalized spacial score (nSPS) is 10.7. The third-order valence-corrected chi connectivity index (χ3v) is 3.50. The molecule has 4 nitrogen and oxygen atoms in total. The first-order valence-electron chi connectivity index (χ1n) is 7.57. The molecule has 0 saturated carbocycles. The second kappa shape index (κ2) is 8.45. The lowest BCUT2D eigenvalue weighted by Gasteiger charge is -2.27. The third-order valence-electron chi connectivity index (χ3n) is 3.50. The molecule has 21 heavy (non-hydrogen) atoms. The van der Waals surface area contributed by atoms with Crippen molar-refractivity contribution in [1.82, 2.24) is 4.90 Å². The van der Waals surface area contributed by atoms with E-state index in [4.69, 9.17) is 5.11 Å². The van der Waals surface area contributed by atoms with Gasteiger partial charge in [-0.05, 0) is 38.0 Å².